The first kappa shape index (κ1) is 11.5. The molecule has 0 saturated heterocycles. The SMILES string of the molecule is N#CCC(O)c1cccc(C(F)(F)F)c1. The van der Waals surface area contributed by atoms with Crippen LogP contribution in [-0.4, -0.2) is 5.11 Å². The minimum Gasteiger partial charge on any atom is -0.387 e. The van der Waals surface area contributed by atoms with Gasteiger partial charge in [-0.15, -0.1) is 0 Å². The van der Waals surface area contributed by atoms with E-state index >= 15 is 0 Å². The summed E-state index contributed by atoms with van der Waals surface area (Å²) in [4.78, 5) is 0. The molecule has 0 radical (unpaired) electrons. The maximum atomic E-state index is 12.3. The van der Waals surface area contributed by atoms with Gasteiger partial charge in [0.15, 0.2) is 0 Å². The molecule has 0 heterocycles. The largest absolute Gasteiger partial charge is 0.416 e. The summed E-state index contributed by atoms with van der Waals surface area (Å²) in [6, 6.07) is 6.03. The summed E-state index contributed by atoms with van der Waals surface area (Å²) < 4.78 is 36.8. The van der Waals surface area contributed by atoms with E-state index in [0.29, 0.717) is 0 Å². The van der Waals surface area contributed by atoms with Crippen molar-refractivity contribution in [2.24, 2.45) is 0 Å². The summed E-state index contributed by atoms with van der Waals surface area (Å²) in [5.41, 5.74) is -0.719. The normalized spacial score (nSPS) is 13.3. The first-order chi connectivity index (χ1) is 6.95. The second-order valence-corrected chi connectivity index (χ2v) is 3.00. The minimum absolute atomic E-state index is 0.103. The zero-order valence-corrected chi connectivity index (χ0v) is 7.62. The van der Waals surface area contributed by atoms with E-state index in [9.17, 15) is 18.3 Å². The molecule has 80 valence electrons. The molecule has 1 rings (SSSR count). The van der Waals surface area contributed by atoms with E-state index in [0.717, 1.165) is 12.1 Å². The Labute approximate surface area is 84.6 Å². The lowest BCUT2D eigenvalue weighted by Crippen LogP contribution is -2.06. The van der Waals surface area contributed by atoms with Gasteiger partial charge in [-0.3, -0.25) is 0 Å². The zero-order chi connectivity index (χ0) is 11.5. The van der Waals surface area contributed by atoms with E-state index in [2.05, 4.69) is 0 Å². The average molecular weight is 215 g/mol. The molecule has 1 aromatic carbocycles. The molecule has 0 amide bonds. The van der Waals surface area contributed by atoms with Gasteiger partial charge in [0.2, 0.25) is 0 Å². The highest BCUT2D eigenvalue weighted by molar-refractivity contribution is 5.27. The Hall–Kier alpha value is -1.54. The van der Waals surface area contributed by atoms with Crippen LogP contribution in [0.25, 0.3) is 0 Å². The molecular weight excluding hydrogens is 207 g/mol. The number of aliphatic hydroxyl groups excluding tert-OH is 1. The van der Waals surface area contributed by atoms with Crippen molar-refractivity contribution in [2.45, 2.75) is 18.7 Å². The highest BCUT2D eigenvalue weighted by Gasteiger charge is 2.30. The predicted molar refractivity (Wildman–Crippen MR) is 46.6 cm³/mol. The van der Waals surface area contributed by atoms with Crippen molar-refractivity contribution < 1.29 is 18.3 Å². The van der Waals surface area contributed by atoms with Crippen LogP contribution < -0.4 is 0 Å². The molecule has 0 aromatic heterocycles. The van der Waals surface area contributed by atoms with E-state index in [1.807, 2.05) is 0 Å². The third kappa shape index (κ3) is 2.96. The number of nitrogens with zero attached hydrogens (tertiary/aromatic N) is 1. The van der Waals surface area contributed by atoms with Gasteiger partial charge < -0.3 is 5.11 Å². The standard InChI is InChI=1S/C10H8F3NO/c11-10(12,13)8-3-1-2-7(6-8)9(15)4-5-14/h1-3,6,9,15H,4H2. The van der Waals surface area contributed by atoms with Crippen molar-refractivity contribution in [2.75, 3.05) is 0 Å². The molecule has 1 N–H and O–H groups in total. The third-order valence-electron chi connectivity index (χ3n) is 1.88. The predicted octanol–water partition coefficient (Wildman–Crippen LogP) is 2.65. The van der Waals surface area contributed by atoms with Crippen molar-refractivity contribution in [1.82, 2.24) is 0 Å². The second kappa shape index (κ2) is 4.32. The molecule has 1 aromatic rings. The molecule has 2 nitrogen and oxygen atoms in total. The Morgan fingerprint density at radius 1 is 1.40 bits per heavy atom. The zero-order valence-electron chi connectivity index (χ0n) is 7.62. The summed E-state index contributed by atoms with van der Waals surface area (Å²) in [5.74, 6) is 0. The molecule has 0 aliphatic carbocycles. The van der Waals surface area contributed by atoms with Crippen molar-refractivity contribution in [1.29, 1.82) is 5.26 Å². The molecule has 0 aliphatic rings. The molecule has 0 saturated carbocycles. The van der Waals surface area contributed by atoms with Gasteiger partial charge in [-0.2, -0.15) is 18.4 Å². The molecule has 0 bridgehead atoms. The van der Waals surface area contributed by atoms with Crippen LogP contribution in [0.3, 0.4) is 0 Å². The highest BCUT2D eigenvalue weighted by Crippen LogP contribution is 2.31. The van der Waals surface area contributed by atoms with Crippen LogP contribution in [0.4, 0.5) is 13.2 Å². The summed E-state index contributed by atoms with van der Waals surface area (Å²) in [5, 5.41) is 17.6. The number of aliphatic hydroxyl groups is 1. The van der Waals surface area contributed by atoms with E-state index in [1.54, 1.807) is 6.07 Å². The molecule has 1 atom stereocenters. The van der Waals surface area contributed by atoms with E-state index in [-0.39, 0.29) is 12.0 Å². The van der Waals surface area contributed by atoms with Crippen LogP contribution in [0.2, 0.25) is 0 Å². The molecule has 15 heavy (non-hydrogen) atoms. The van der Waals surface area contributed by atoms with Crippen molar-refractivity contribution >= 4 is 0 Å². The topological polar surface area (TPSA) is 44.0 Å². The molecule has 0 fully saturated rings. The Kier molecular flexibility index (Phi) is 3.32. The molecule has 0 spiro atoms. The number of rotatable bonds is 2. The Balaban J connectivity index is 2.99. The van der Waals surface area contributed by atoms with Crippen molar-refractivity contribution in [3.05, 3.63) is 35.4 Å². The smallest absolute Gasteiger partial charge is 0.387 e. The van der Waals surface area contributed by atoms with Gasteiger partial charge in [0.25, 0.3) is 0 Å². The van der Waals surface area contributed by atoms with Crippen LogP contribution in [0.1, 0.15) is 23.7 Å². The summed E-state index contributed by atoms with van der Waals surface area (Å²) in [7, 11) is 0. The first-order valence-electron chi connectivity index (χ1n) is 4.17. The van der Waals surface area contributed by atoms with Crippen LogP contribution >= 0.6 is 0 Å². The van der Waals surface area contributed by atoms with Crippen molar-refractivity contribution in [3.8, 4) is 6.07 Å². The van der Waals surface area contributed by atoms with Gasteiger partial charge in [0.05, 0.1) is 24.2 Å². The number of benzene rings is 1. The number of halogens is 3. The summed E-state index contributed by atoms with van der Waals surface area (Å²) >= 11 is 0. The molecule has 5 heteroatoms. The summed E-state index contributed by atoms with van der Waals surface area (Å²) in [6.07, 6.45) is -5.82. The van der Waals surface area contributed by atoms with Crippen LogP contribution in [-0.2, 0) is 6.18 Å². The first-order valence-corrected chi connectivity index (χ1v) is 4.17. The lowest BCUT2D eigenvalue weighted by atomic mass is 10.0. The Bertz CT molecular complexity index is 381. The van der Waals surface area contributed by atoms with Crippen LogP contribution in [0, 0.1) is 11.3 Å². The number of hydrogen-bond acceptors (Lipinski definition) is 2. The minimum atomic E-state index is -4.43. The van der Waals surface area contributed by atoms with E-state index < -0.39 is 17.8 Å². The van der Waals surface area contributed by atoms with E-state index in [1.165, 1.54) is 12.1 Å². The van der Waals surface area contributed by atoms with Gasteiger partial charge in [-0.25, -0.2) is 0 Å². The Morgan fingerprint density at radius 2 is 2.07 bits per heavy atom. The molecular formula is C10H8F3NO. The van der Waals surface area contributed by atoms with Gasteiger partial charge in [-0.05, 0) is 17.7 Å². The lowest BCUT2D eigenvalue weighted by Gasteiger charge is -2.11. The number of alkyl halides is 3. The quantitative estimate of drug-likeness (QED) is 0.824. The lowest BCUT2D eigenvalue weighted by molar-refractivity contribution is -0.137. The van der Waals surface area contributed by atoms with E-state index in [4.69, 9.17) is 5.26 Å². The fraction of sp³-hybridized carbons (Fsp3) is 0.300. The van der Waals surface area contributed by atoms with Gasteiger partial charge in [0.1, 0.15) is 0 Å². The van der Waals surface area contributed by atoms with Gasteiger partial charge in [-0.1, -0.05) is 12.1 Å². The van der Waals surface area contributed by atoms with Gasteiger partial charge >= 0.3 is 6.18 Å². The fourth-order valence-electron chi connectivity index (χ4n) is 1.13. The number of nitriles is 1. The molecule has 0 aliphatic heterocycles. The third-order valence-corrected chi connectivity index (χ3v) is 1.88. The maximum Gasteiger partial charge on any atom is 0.416 e. The monoisotopic (exact) mass is 215 g/mol. The van der Waals surface area contributed by atoms with Crippen LogP contribution in [0.5, 0.6) is 0 Å². The maximum absolute atomic E-state index is 12.3. The van der Waals surface area contributed by atoms with Crippen LogP contribution in [0.15, 0.2) is 24.3 Å². The molecule has 1 unspecified atom stereocenters. The van der Waals surface area contributed by atoms with Gasteiger partial charge in [0, 0.05) is 0 Å². The second-order valence-electron chi connectivity index (χ2n) is 3.00. The Morgan fingerprint density at radius 3 is 2.60 bits per heavy atom. The summed E-state index contributed by atoms with van der Waals surface area (Å²) in [6.45, 7) is 0. The number of hydrogen-bond donors (Lipinski definition) is 1. The fourth-order valence-corrected chi connectivity index (χ4v) is 1.13. The van der Waals surface area contributed by atoms with Crippen molar-refractivity contribution in [3.63, 3.8) is 0 Å². The average Bonchev–Trinajstić information content (AvgIpc) is 2.17. The highest BCUT2D eigenvalue weighted by atomic mass is 19.4.